The Kier molecular flexibility index (Phi) is 6.28. The standard InChI is InChI=1S/C23H22N4O3/c1-4-16-8-10-18(11-9-16)30-22-19(13-17(14-24)21(28)25-5-2)23(29)27-12-6-7-15(3)20(27)26-22/h6-13H,4-5H2,1-3H3,(H,25,28)/b17-13-. The predicted octanol–water partition coefficient (Wildman–Crippen LogP) is 3.40. The normalized spacial score (nSPS) is 11.2. The number of carbonyl (C=O) groups is 1. The summed E-state index contributed by atoms with van der Waals surface area (Å²) >= 11 is 0. The summed E-state index contributed by atoms with van der Waals surface area (Å²) in [5, 5.41) is 12.0. The van der Waals surface area contributed by atoms with Crippen LogP contribution in [0.4, 0.5) is 0 Å². The summed E-state index contributed by atoms with van der Waals surface area (Å²) in [5.41, 5.74) is 1.78. The molecule has 0 aliphatic heterocycles. The Hall–Kier alpha value is -3.92. The van der Waals surface area contributed by atoms with Crippen LogP contribution in [0.15, 0.2) is 53.0 Å². The van der Waals surface area contributed by atoms with E-state index in [2.05, 4.69) is 17.2 Å². The molecule has 3 aromatic rings. The fourth-order valence-electron chi connectivity index (χ4n) is 2.95. The van der Waals surface area contributed by atoms with Crippen molar-refractivity contribution in [2.75, 3.05) is 6.54 Å². The summed E-state index contributed by atoms with van der Waals surface area (Å²) in [6, 6.07) is 12.9. The molecule has 152 valence electrons. The fraction of sp³-hybridized carbons (Fsp3) is 0.217. The summed E-state index contributed by atoms with van der Waals surface area (Å²) in [4.78, 5) is 29.9. The molecule has 0 fully saturated rings. The topological polar surface area (TPSA) is 96.5 Å². The molecule has 1 amide bonds. The molecule has 7 heteroatoms. The number of nitriles is 1. The van der Waals surface area contributed by atoms with Crippen LogP contribution in [-0.4, -0.2) is 21.8 Å². The fourth-order valence-corrected chi connectivity index (χ4v) is 2.95. The summed E-state index contributed by atoms with van der Waals surface area (Å²) < 4.78 is 7.30. The molecule has 0 spiro atoms. The molecule has 0 atom stereocenters. The lowest BCUT2D eigenvalue weighted by molar-refractivity contribution is -0.116. The number of benzene rings is 1. The minimum Gasteiger partial charge on any atom is -0.438 e. The molecule has 3 rings (SSSR count). The highest BCUT2D eigenvalue weighted by molar-refractivity contribution is 6.01. The first kappa shape index (κ1) is 20.8. The maximum Gasteiger partial charge on any atom is 0.269 e. The van der Waals surface area contributed by atoms with E-state index in [1.807, 2.05) is 31.2 Å². The van der Waals surface area contributed by atoms with Crippen LogP contribution in [0.3, 0.4) is 0 Å². The molecule has 2 aromatic heterocycles. The highest BCUT2D eigenvalue weighted by atomic mass is 16.5. The zero-order valence-corrected chi connectivity index (χ0v) is 17.1. The van der Waals surface area contributed by atoms with Gasteiger partial charge in [-0.25, -0.2) is 0 Å². The van der Waals surface area contributed by atoms with Crippen molar-refractivity contribution in [2.24, 2.45) is 0 Å². The van der Waals surface area contributed by atoms with Gasteiger partial charge in [0.2, 0.25) is 5.88 Å². The summed E-state index contributed by atoms with van der Waals surface area (Å²) in [7, 11) is 0. The Morgan fingerprint density at radius 3 is 2.63 bits per heavy atom. The molecule has 7 nitrogen and oxygen atoms in total. The molecular formula is C23H22N4O3. The quantitative estimate of drug-likeness (QED) is 0.503. The van der Waals surface area contributed by atoms with Crippen molar-refractivity contribution in [2.45, 2.75) is 27.2 Å². The van der Waals surface area contributed by atoms with E-state index < -0.39 is 11.5 Å². The van der Waals surface area contributed by atoms with Gasteiger partial charge in [-0.15, -0.1) is 0 Å². The third-order valence-electron chi connectivity index (χ3n) is 4.59. The summed E-state index contributed by atoms with van der Waals surface area (Å²) in [6.07, 6.45) is 3.71. The van der Waals surface area contributed by atoms with E-state index in [0.29, 0.717) is 17.9 Å². The van der Waals surface area contributed by atoms with Crippen molar-refractivity contribution in [3.8, 4) is 17.7 Å². The number of hydrogen-bond acceptors (Lipinski definition) is 5. The van der Waals surface area contributed by atoms with E-state index in [1.54, 1.807) is 31.3 Å². The minimum absolute atomic E-state index is 0.0282. The van der Waals surface area contributed by atoms with Gasteiger partial charge in [0.25, 0.3) is 11.5 Å². The molecule has 0 saturated carbocycles. The van der Waals surface area contributed by atoms with E-state index >= 15 is 0 Å². The minimum atomic E-state index is -0.563. The van der Waals surface area contributed by atoms with Gasteiger partial charge >= 0.3 is 0 Å². The maximum atomic E-state index is 13.2. The van der Waals surface area contributed by atoms with Crippen molar-refractivity contribution in [3.05, 3.63) is 75.2 Å². The van der Waals surface area contributed by atoms with Crippen LogP contribution >= 0.6 is 0 Å². The van der Waals surface area contributed by atoms with Gasteiger partial charge < -0.3 is 10.1 Å². The predicted molar refractivity (Wildman–Crippen MR) is 114 cm³/mol. The van der Waals surface area contributed by atoms with E-state index in [4.69, 9.17) is 4.74 Å². The smallest absolute Gasteiger partial charge is 0.269 e. The summed E-state index contributed by atoms with van der Waals surface area (Å²) in [6.45, 7) is 6.00. The van der Waals surface area contributed by atoms with Gasteiger partial charge in [0.15, 0.2) is 0 Å². The lowest BCUT2D eigenvalue weighted by atomic mass is 10.1. The van der Waals surface area contributed by atoms with Crippen LogP contribution in [0.2, 0.25) is 0 Å². The second-order valence-corrected chi connectivity index (χ2v) is 6.65. The number of nitrogens with zero attached hydrogens (tertiary/aromatic N) is 3. The SMILES string of the molecule is CCNC(=O)/C(C#N)=C\c1c(Oc2ccc(CC)cc2)nc2c(C)cccn2c1=O. The second kappa shape index (κ2) is 9.05. The first-order valence-electron chi connectivity index (χ1n) is 9.67. The van der Waals surface area contributed by atoms with Gasteiger partial charge in [-0.05, 0) is 55.7 Å². The number of pyridine rings is 1. The van der Waals surface area contributed by atoms with Crippen LogP contribution in [0, 0.1) is 18.3 Å². The third kappa shape index (κ3) is 4.23. The van der Waals surface area contributed by atoms with Crippen molar-refractivity contribution in [1.29, 1.82) is 5.26 Å². The van der Waals surface area contributed by atoms with E-state index in [9.17, 15) is 14.9 Å². The number of ether oxygens (including phenoxy) is 1. The van der Waals surface area contributed by atoms with E-state index in [0.717, 1.165) is 17.5 Å². The average molecular weight is 402 g/mol. The summed E-state index contributed by atoms with van der Waals surface area (Å²) in [5.74, 6) is -0.0224. The Labute approximate surface area is 174 Å². The monoisotopic (exact) mass is 402 g/mol. The van der Waals surface area contributed by atoms with Crippen LogP contribution in [0.5, 0.6) is 11.6 Å². The number of rotatable bonds is 6. The van der Waals surface area contributed by atoms with Crippen LogP contribution in [-0.2, 0) is 11.2 Å². The first-order chi connectivity index (χ1) is 14.5. The number of carbonyl (C=O) groups excluding carboxylic acids is 1. The first-order valence-corrected chi connectivity index (χ1v) is 9.67. The molecule has 0 saturated heterocycles. The molecule has 0 aliphatic carbocycles. The van der Waals surface area contributed by atoms with Gasteiger partial charge in [-0.2, -0.15) is 10.2 Å². The van der Waals surface area contributed by atoms with Gasteiger partial charge in [0.05, 0.1) is 0 Å². The molecule has 0 unspecified atom stereocenters. The number of aromatic nitrogens is 2. The molecule has 2 heterocycles. The van der Waals surface area contributed by atoms with Crippen LogP contribution < -0.4 is 15.6 Å². The number of amides is 1. The maximum absolute atomic E-state index is 13.2. The Balaban J connectivity index is 2.21. The Morgan fingerprint density at radius 1 is 1.27 bits per heavy atom. The third-order valence-corrected chi connectivity index (χ3v) is 4.59. The molecular weight excluding hydrogens is 380 g/mol. The lowest BCUT2D eigenvalue weighted by Gasteiger charge is -2.12. The zero-order valence-electron chi connectivity index (χ0n) is 17.1. The van der Waals surface area contributed by atoms with E-state index in [-0.39, 0.29) is 17.0 Å². The number of fused-ring (bicyclic) bond motifs is 1. The molecule has 1 N–H and O–H groups in total. The van der Waals surface area contributed by atoms with Gasteiger partial charge in [0.1, 0.15) is 28.6 Å². The molecule has 0 radical (unpaired) electrons. The number of aryl methyl sites for hydroxylation is 2. The van der Waals surface area contributed by atoms with Crippen molar-refractivity contribution < 1.29 is 9.53 Å². The van der Waals surface area contributed by atoms with Gasteiger partial charge in [-0.1, -0.05) is 25.1 Å². The number of hydrogen-bond donors (Lipinski definition) is 1. The van der Waals surface area contributed by atoms with E-state index in [1.165, 1.54) is 10.5 Å². The largest absolute Gasteiger partial charge is 0.438 e. The van der Waals surface area contributed by atoms with Crippen molar-refractivity contribution >= 4 is 17.6 Å². The highest BCUT2D eigenvalue weighted by Crippen LogP contribution is 2.25. The zero-order chi connectivity index (χ0) is 21.7. The van der Waals surface area contributed by atoms with Gasteiger partial charge in [-0.3, -0.25) is 14.0 Å². The lowest BCUT2D eigenvalue weighted by Crippen LogP contribution is -2.25. The molecule has 30 heavy (non-hydrogen) atoms. The number of nitrogens with one attached hydrogen (secondary N) is 1. The Morgan fingerprint density at radius 2 is 2.00 bits per heavy atom. The van der Waals surface area contributed by atoms with Gasteiger partial charge in [0, 0.05) is 12.7 Å². The van der Waals surface area contributed by atoms with Crippen molar-refractivity contribution in [3.63, 3.8) is 0 Å². The van der Waals surface area contributed by atoms with Crippen LogP contribution in [0.1, 0.15) is 30.5 Å². The van der Waals surface area contributed by atoms with Crippen molar-refractivity contribution in [1.82, 2.24) is 14.7 Å². The second-order valence-electron chi connectivity index (χ2n) is 6.65. The Bertz CT molecular complexity index is 1220. The molecule has 0 bridgehead atoms. The van der Waals surface area contributed by atoms with Crippen LogP contribution in [0.25, 0.3) is 11.7 Å². The number of likely N-dealkylation sites (N-methyl/N-ethyl adjacent to an activating group) is 1. The molecule has 0 aliphatic rings. The highest BCUT2D eigenvalue weighted by Gasteiger charge is 2.17. The average Bonchev–Trinajstić information content (AvgIpc) is 2.75. The molecule has 1 aromatic carbocycles.